The molecule has 2 heterocycles. The Hall–Kier alpha value is -1.69. The number of thiophene rings is 1. The summed E-state index contributed by atoms with van der Waals surface area (Å²) in [6.45, 7) is 2.19. The Labute approximate surface area is 163 Å². The third kappa shape index (κ3) is 3.02. The van der Waals surface area contributed by atoms with E-state index in [0.29, 0.717) is 5.92 Å². The van der Waals surface area contributed by atoms with Crippen LogP contribution >= 0.6 is 11.3 Å². The maximum Gasteiger partial charge on any atom is 0.262 e. The maximum absolute atomic E-state index is 13.0. The van der Waals surface area contributed by atoms with Gasteiger partial charge in [-0.1, -0.05) is 6.42 Å². The maximum atomic E-state index is 13.0. The molecule has 2 bridgehead atoms. The molecular formula is C21H27N3O2S. The van der Waals surface area contributed by atoms with Crippen LogP contribution in [-0.2, 0) is 24.2 Å². The Morgan fingerprint density at radius 1 is 1.33 bits per heavy atom. The van der Waals surface area contributed by atoms with Gasteiger partial charge in [0.05, 0.1) is 11.7 Å². The Morgan fingerprint density at radius 3 is 2.96 bits per heavy atom. The molecule has 4 unspecified atom stereocenters. The molecule has 6 heteroatoms. The second kappa shape index (κ2) is 6.73. The van der Waals surface area contributed by atoms with Crippen molar-refractivity contribution in [3.05, 3.63) is 27.1 Å². The standard InChI is InChI=1S/C21H27N3O2S/c1-12(16-9-13-6-7-14(16)8-13)23-18(25)10-24-11-22-20-19(21(24)26)15-4-2-3-5-17(15)27-20/h11-14,16H,2-10H2,1H3,(H,23,25). The Balaban J connectivity index is 1.33. The predicted octanol–water partition coefficient (Wildman–Crippen LogP) is 3.28. The molecule has 0 radical (unpaired) electrons. The van der Waals surface area contributed by atoms with Crippen LogP contribution in [0.25, 0.3) is 10.2 Å². The largest absolute Gasteiger partial charge is 0.352 e. The van der Waals surface area contributed by atoms with Gasteiger partial charge in [0.1, 0.15) is 11.4 Å². The number of nitrogens with one attached hydrogen (secondary N) is 1. The fourth-order valence-corrected chi connectivity index (χ4v) is 6.98. The molecule has 3 aliphatic rings. The summed E-state index contributed by atoms with van der Waals surface area (Å²) >= 11 is 1.65. The molecule has 5 rings (SSSR count). The summed E-state index contributed by atoms with van der Waals surface area (Å²) in [4.78, 5) is 32.2. The third-order valence-electron chi connectivity index (χ3n) is 7.08. The van der Waals surface area contributed by atoms with Crippen molar-refractivity contribution in [3.8, 4) is 0 Å². The van der Waals surface area contributed by atoms with Crippen molar-refractivity contribution in [2.75, 3.05) is 0 Å². The van der Waals surface area contributed by atoms with Gasteiger partial charge in [-0.15, -0.1) is 11.3 Å². The second-order valence-corrected chi connectivity index (χ2v) is 9.85. The summed E-state index contributed by atoms with van der Waals surface area (Å²) in [6, 6.07) is 0.189. The van der Waals surface area contributed by atoms with E-state index in [-0.39, 0.29) is 24.1 Å². The number of hydrogen-bond donors (Lipinski definition) is 1. The number of carbonyl (C=O) groups excluding carboxylic acids is 1. The highest BCUT2D eigenvalue weighted by molar-refractivity contribution is 7.18. The van der Waals surface area contributed by atoms with Crippen molar-refractivity contribution < 1.29 is 4.79 Å². The first-order valence-corrected chi connectivity index (χ1v) is 11.2. The van der Waals surface area contributed by atoms with Gasteiger partial charge >= 0.3 is 0 Å². The SMILES string of the molecule is CC(NC(=O)Cn1cnc2sc3c(c2c1=O)CCCC3)C1CC2CCC1C2. The first-order valence-electron chi connectivity index (χ1n) is 10.4. The van der Waals surface area contributed by atoms with E-state index < -0.39 is 0 Å². The predicted molar refractivity (Wildman–Crippen MR) is 107 cm³/mol. The molecule has 5 nitrogen and oxygen atoms in total. The molecule has 0 aromatic carbocycles. The van der Waals surface area contributed by atoms with Gasteiger partial charge in [0, 0.05) is 10.9 Å². The summed E-state index contributed by atoms with van der Waals surface area (Å²) in [7, 11) is 0. The van der Waals surface area contributed by atoms with Crippen LogP contribution in [-0.4, -0.2) is 21.5 Å². The van der Waals surface area contributed by atoms with Crippen LogP contribution in [0.5, 0.6) is 0 Å². The highest BCUT2D eigenvalue weighted by Crippen LogP contribution is 2.49. The van der Waals surface area contributed by atoms with Gasteiger partial charge in [-0.25, -0.2) is 4.98 Å². The molecule has 0 aliphatic heterocycles. The van der Waals surface area contributed by atoms with Gasteiger partial charge in [-0.3, -0.25) is 14.2 Å². The minimum Gasteiger partial charge on any atom is -0.352 e. The van der Waals surface area contributed by atoms with Crippen LogP contribution in [0.2, 0.25) is 0 Å². The molecule has 2 aromatic rings. The minimum atomic E-state index is -0.0716. The lowest BCUT2D eigenvalue weighted by atomic mass is 9.84. The topological polar surface area (TPSA) is 64.0 Å². The minimum absolute atomic E-state index is 0.0536. The molecule has 1 amide bonds. The number of carbonyl (C=O) groups is 1. The van der Waals surface area contributed by atoms with Gasteiger partial charge in [-0.2, -0.15) is 0 Å². The molecule has 2 fully saturated rings. The fraction of sp³-hybridized carbons (Fsp3) is 0.667. The summed E-state index contributed by atoms with van der Waals surface area (Å²) in [5.41, 5.74) is 1.13. The van der Waals surface area contributed by atoms with E-state index in [1.165, 1.54) is 47.1 Å². The van der Waals surface area contributed by atoms with Crippen LogP contribution in [0.1, 0.15) is 55.9 Å². The zero-order valence-electron chi connectivity index (χ0n) is 15.9. The van der Waals surface area contributed by atoms with Crippen molar-refractivity contribution in [1.82, 2.24) is 14.9 Å². The molecule has 27 heavy (non-hydrogen) atoms. The highest BCUT2D eigenvalue weighted by atomic mass is 32.1. The molecule has 1 N–H and O–H groups in total. The van der Waals surface area contributed by atoms with E-state index in [1.54, 1.807) is 17.7 Å². The molecule has 0 spiro atoms. The Kier molecular flexibility index (Phi) is 4.34. The number of hydrogen-bond acceptors (Lipinski definition) is 4. The van der Waals surface area contributed by atoms with Crippen LogP contribution in [0.3, 0.4) is 0 Å². The zero-order chi connectivity index (χ0) is 18.5. The van der Waals surface area contributed by atoms with E-state index >= 15 is 0 Å². The number of aryl methyl sites for hydroxylation is 2. The molecule has 4 atom stereocenters. The Morgan fingerprint density at radius 2 is 2.19 bits per heavy atom. The van der Waals surface area contributed by atoms with Gasteiger partial charge < -0.3 is 5.32 Å². The van der Waals surface area contributed by atoms with E-state index in [9.17, 15) is 9.59 Å². The lowest BCUT2D eigenvalue weighted by molar-refractivity contribution is -0.122. The molecular weight excluding hydrogens is 358 g/mol. The molecule has 2 saturated carbocycles. The summed E-state index contributed by atoms with van der Waals surface area (Å²) < 4.78 is 1.49. The number of fused-ring (bicyclic) bond motifs is 5. The highest BCUT2D eigenvalue weighted by Gasteiger charge is 2.42. The monoisotopic (exact) mass is 385 g/mol. The third-order valence-corrected chi connectivity index (χ3v) is 8.28. The van der Waals surface area contributed by atoms with Crippen LogP contribution < -0.4 is 10.9 Å². The van der Waals surface area contributed by atoms with Gasteiger partial charge in [0.15, 0.2) is 0 Å². The summed E-state index contributed by atoms with van der Waals surface area (Å²) in [5.74, 6) is 2.19. The normalized spacial score (nSPS) is 27.7. The van der Waals surface area contributed by atoms with Gasteiger partial charge in [0.25, 0.3) is 5.56 Å². The summed E-state index contributed by atoms with van der Waals surface area (Å²) in [5, 5.41) is 3.92. The lowest BCUT2D eigenvalue weighted by Crippen LogP contribution is -2.42. The van der Waals surface area contributed by atoms with Crippen molar-refractivity contribution in [3.63, 3.8) is 0 Å². The van der Waals surface area contributed by atoms with E-state index in [4.69, 9.17) is 0 Å². The van der Waals surface area contributed by atoms with Crippen LogP contribution in [0, 0.1) is 17.8 Å². The van der Waals surface area contributed by atoms with E-state index in [2.05, 4.69) is 17.2 Å². The molecule has 3 aliphatic carbocycles. The average molecular weight is 386 g/mol. The first kappa shape index (κ1) is 17.4. The number of amides is 1. The number of nitrogens with zero attached hydrogens (tertiary/aromatic N) is 2. The lowest BCUT2D eigenvalue weighted by Gasteiger charge is -2.28. The van der Waals surface area contributed by atoms with Crippen LogP contribution in [0.4, 0.5) is 0 Å². The molecule has 0 saturated heterocycles. The van der Waals surface area contributed by atoms with E-state index in [0.717, 1.165) is 41.3 Å². The van der Waals surface area contributed by atoms with Gasteiger partial charge in [-0.05, 0) is 75.2 Å². The van der Waals surface area contributed by atoms with Crippen molar-refractivity contribution >= 4 is 27.5 Å². The fourth-order valence-electron chi connectivity index (χ4n) is 5.76. The van der Waals surface area contributed by atoms with Crippen molar-refractivity contribution in [1.29, 1.82) is 0 Å². The molecule has 144 valence electrons. The molecule has 2 aromatic heterocycles. The first-order chi connectivity index (χ1) is 13.1. The number of rotatable bonds is 4. The van der Waals surface area contributed by atoms with Gasteiger partial charge in [0.2, 0.25) is 5.91 Å². The number of aromatic nitrogens is 2. The quantitative estimate of drug-likeness (QED) is 0.878. The van der Waals surface area contributed by atoms with Crippen molar-refractivity contribution in [2.24, 2.45) is 17.8 Å². The van der Waals surface area contributed by atoms with Crippen LogP contribution in [0.15, 0.2) is 11.1 Å². The average Bonchev–Trinajstić information content (AvgIpc) is 3.37. The second-order valence-electron chi connectivity index (χ2n) is 8.76. The van der Waals surface area contributed by atoms with E-state index in [1.807, 2.05) is 0 Å². The zero-order valence-corrected chi connectivity index (χ0v) is 16.7. The van der Waals surface area contributed by atoms with Crippen molar-refractivity contribution in [2.45, 2.75) is 70.9 Å². The smallest absolute Gasteiger partial charge is 0.262 e. The Bertz CT molecular complexity index is 947. The summed E-state index contributed by atoms with van der Waals surface area (Å²) in [6.07, 6.45) is 11.2.